The van der Waals surface area contributed by atoms with Crippen molar-refractivity contribution in [3.8, 4) is 0 Å². The molecule has 0 saturated carbocycles. The first-order chi connectivity index (χ1) is 6.36. The van der Waals surface area contributed by atoms with Gasteiger partial charge in [0, 0.05) is 13.1 Å². The van der Waals surface area contributed by atoms with E-state index < -0.39 is 0 Å². The van der Waals surface area contributed by atoms with Crippen LogP contribution in [0, 0.1) is 0 Å². The summed E-state index contributed by atoms with van der Waals surface area (Å²) < 4.78 is 0. The third-order valence-corrected chi connectivity index (χ3v) is 2.72. The van der Waals surface area contributed by atoms with Gasteiger partial charge < -0.3 is 0 Å². The Labute approximate surface area is 79.3 Å². The number of hydrogen-bond donors (Lipinski definition) is 1. The van der Waals surface area contributed by atoms with Crippen LogP contribution >= 0.6 is 0 Å². The van der Waals surface area contributed by atoms with Crippen LogP contribution in [0.5, 0.6) is 0 Å². The molecule has 1 atom stereocenters. The highest BCUT2D eigenvalue weighted by Gasteiger charge is 2.18. The van der Waals surface area contributed by atoms with Crippen LogP contribution in [0.1, 0.15) is 24.3 Å². The molecule has 0 amide bonds. The van der Waals surface area contributed by atoms with Gasteiger partial charge in [-0.25, -0.2) is 5.01 Å². The molecule has 1 aromatic rings. The highest BCUT2D eigenvalue weighted by atomic mass is 15.4. The fourth-order valence-corrected chi connectivity index (χ4v) is 2.00. The second-order valence-electron chi connectivity index (χ2n) is 3.74. The Morgan fingerprint density at radius 2 is 2.00 bits per heavy atom. The van der Waals surface area contributed by atoms with E-state index in [9.17, 15) is 0 Å². The van der Waals surface area contributed by atoms with E-state index in [1.807, 2.05) is 5.01 Å². The molecule has 0 aliphatic carbocycles. The van der Waals surface area contributed by atoms with Gasteiger partial charge in [-0.2, -0.15) is 0 Å². The molecular formula is C11H16N2. The van der Waals surface area contributed by atoms with Crippen molar-refractivity contribution in [1.29, 1.82) is 0 Å². The smallest absolute Gasteiger partial charge is 0.0197 e. The lowest BCUT2D eigenvalue weighted by Gasteiger charge is -2.29. The van der Waals surface area contributed by atoms with Gasteiger partial charge in [0.2, 0.25) is 0 Å². The molecule has 0 unspecified atom stereocenters. The van der Waals surface area contributed by atoms with Gasteiger partial charge >= 0.3 is 0 Å². The Kier molecular flexibility index (Phi) is 2.62. The maximum Gasteiger partial charge on any atom is 0.0197 e. The van der Waals surface area contributed by atoms with E-state index in [4.69, 9.17) is 5.84 Å². The Morgan fingerprint density at radius 3 is 2.69 bits per heavy atom. The first-order valence-electron chi connectivity index (χ1n) is 4.91. The first-order valence-corrected chi connectivity index (χ1v) is 4.91. The first kappa shape index (κ1) is 8.73. The van der Waals surface area contributed by atoms with Gasteiger partial charge in [0.25, 0.3) is 0 Å². The standard InChI is InChI=1S/C11H16N2/c12-13-8-4-7-11(9-13)10-5-2-1-3-6-10/h1-3,5-6,11H,4,7-9,12H2/t11-/m0/s1. The molecule has 0 aromatic heterocycles. The summed E-state index contributed by atoms with van der Waals surface area (Å²) in [5.41, 5.74) is 1.43. The van der Waals surface area contributed by atoms with E-state index in [2.05, 4.69) is 30.3 Å². The minimum Gasteiger partial charge on any atom is -0.269 e. The molecule has 2 nitrogen and oxygen atoms in total. The second-order valence-corrected chi connectivity index (χ2v) is 3.74. The lowest BCUT2D eigenvalue weighted by Crippen LogP contribution is -2.39. The van der Waals surface area contributed by atoms with Crippen LogP contribution in [-0.2, 0) is 0 Å². The van der Waals surface area contributed by atoms with Gasteiger partial charge in [-0.15, -0.1) is 0 Å². The quantitative estimate of drug-likeness (QED) is 0.660. The molecule has 13 heavy (non-hydrogen) atoms. The van der Waals surface area contributed by atoms with E-state index in [1.54, 1.807) is 0 Å². The molecule has 1 saturated heterocycles. The predicted molar refractivity (Wildman–Crippen MR) is 54.2 cm³/mol. The molecule has 1 fully saturated rings. The second kappa shape index (κ2) is 3.90. The highest BCUT2D eigenvalue weighted by Crippen LogP contribution is 2.24. The van der Waals surface area contributed by atoms with Gasteiger partial charge in [0.1, 0.15) is 0 Å². The van der Waals surface area contributed by atoms with E-state index in [1.165, 1.54) is 18.4 Å². The van der Waals surface area contributed by atoms with Crippen LogP contribution in [0.2, 0.25) is 0 Å². The minimum absolute atomic E-state index is 0.639. The summed E-state index contributed by atoms with van der Waals surface area (Å²) in [5.74, 6) is 6.43. The summed E-state index contributed by atoms with van der Waals surface area (Å²) in [5, 5.41) is 1.93. The van der Waals surface area contributed by atoms with Crippen molar-refractivity contribution in [2.45, 2.75) is 18.8 Å². The van der Waals surface area contributed by atoms with Crippen molar-refractivity contribution in [3.63, 3.8) is 0 Å². The van der Waals surface area contributed by atoms with Crippen molar-refractivity contribution in [2.24, 2.45) is 5.84 Å². The Bertz CT molecular complexity index is 258. The molecule has 1 aliphatic heterocycles. The van der Waals surface area contributed by atoms with E-state index in [-0.39, 0.29) is 0 Å². The summed E-state index contributed by atoms with van der Waals surface area (Å²) >= 11 is 0. The zero-order chi connectivity index (χ0) is 9.10. The van der Waals surface area contributed by atoms with Gasteiger partial charge in [-0.1, -0.05) is 30.3 Å². The summed E-state index contributed by atoms with van der Waals surface area (Å²) in [4.78, 5) is 0. The molecule has 1 aliphatic rings. The van der Waals surface area contributed by atoms with Crippen LogP contribution in [0.4, 0.5) is 0 Å². The summed E-state index contributed by atoms with van der Waals surface area (Å²) in [6, 6.07) is 10.7. The average Bonchev–Trinajstić information content (AvgIpc) is 2.19. The molecule has 2 N–H and O–H groups in total. The zero-order valence-electron chi connectivity index (χ0n) is 7.82. The third-order valence-electron chi connectivity index (χ3n) is 2.72. The van der Waals surface area contributed by atoms with Crippen LogP contribution in [-0.4, -0.2) is 18.1 Å². The van der Waals surface area contributed by atoms with E-state index in [0.29, 0.717) is 5.92 Å². The number of nitrogens with two attached hydrogens (primary N) is 1. The number of rotatable bonds is 1. The molecule has 2 heteroatoms. The molecule has 1 aromatic carbocycles. The zero-order valence-corrected chi connectivity index (χ0v) is 7.82. The molecule has 0 bridgehead atoms. The summed E-state index contributed by atoms with van der Waals surface area (Å²) in [6.07, 6.45) is 2.49. The third kappa shape index (κ3) is 2.08. The Balaban J connectivity index is 2.08. The predicted octanol–water partition coefficient (Wildman–Crippen LogP) is 1.74. The lowest BCUT2D eigenvalue weighted by molar-refractivity contribution is 0.213. The molecule has 0 radical (unpaired) electrons. The number of hydrazine groups is 1. The Morgan fingerprint density at radius 1 is 1.23 bits per heavy atom. The summed E-state index contributed by atoms with van der Waals surface area (Å²) in [6.45, 7) is 2.05. The number of piperidine rings is 1. The van der Waals surface area contributed by atoms with Gasteiger partial charge in [-0.3, -0.25) is 5.84 Å². The van der Waals surface area contributed by atoms with Crippen molar-refractivity contribution in [3.05, 3.63) is 35.9 Å². The van der Waals surface area contributed by atoms with E-state index in [0.717, 1.165) is 13.1 Å². The highest BCUT2D eigenvalue weighted by molar-refractivity contribution is 5.20. The maximum atomic E-state index is 5.80. The van der Waals surface area contributed by atoms with Gasteiger partial charge in [0.15, 0.2) is 0 Å². The van der Waals surface area contributed by atoms with Crippen LogP contribution in [0.15, 0.2) is 30.3 Å². The number of hydrogen-bond acceptors (Lipinski definition) is 2. The lowest BCUT2D eigenvalue weighted by atomic mass is 9.91. The number of nitrogens with zero attached hydrogens (tertiary/aromatic N) is 1. The molecule has 70 valence electrons. The van der Waals surface area contributed by atoms with Crippen molar-refractivity contribution in [2.75, 3.05) is 13.1 Å². The van der Waals surface area contributed by atoms with E-state index >= 15 is 0 Å². The van der Waals surface area contributed by atoms with Crippen LogP contribution in [0.3, 0.4) is 0 Å². The average molecular weight is 176 g/mol. The minimum atomic E-state index is 0.639. The Hall–Kier alpha value is -0.860. The van der Waals surface area contributed by atoms with Crippen molar-refractivity contribution >= 4 is 0 Å². The maximum absolute atomic E-state index is 5.80. The normalized spacial score (nSPS) is 24.5. The fourth-order valence-electron chi connectivity index (χ4n) is 2.00. The summed E-state index contributed by atoms with van der Waals surface area (Å²) in [7, 11) is 0. The van der Waals surface area contributed by atoms with Crippen LogP contribution in [0.25, 0.3) is 0 Å². The van der Waals surface area contributed by atoms with Crippen molar-refractivity contribution in [1.82, 2.24) is 5.01 Å². The monoisotopic (exact) mass is 176 g/mol. The largest absolute Gasteiger partial charge is 0.269 e. The molecule has 0 spiro atoms. The van der Waals surface area contributed by atoms with Gasteiger partial charge in [0.05, 0.1) is 0 Å². The van der Waals surface area contributed by atoms with Gasteiger partial charge in [-0.05, 0) is 24.3 Å². The SMILES string of the molecule is NN1CCC[C@H](c2ccccc2)C1. The fraction of sp³-hybridized carbons (Fsp3) is 0.455. The molecule has 2 rings (SSSR count). The topological polar surface area (TPSA) is 29.3 Å². The van der Waals surface area contributed by atoms with Crippen molar-refractivity contribution < 1.29 is 0 Å². The number of benzene rings is 1. The molecular weight excluding hydrogens is 160 g/mol. The van der Waals surface area contributed by atoms with Crippen LogP contribution < -0.4 is 5.84 Å². The molecule has 1 heterocycles.